The average Bonchev–Trinajstić information content (AvgIpc) is 2.71. The molecule has 1 aliphatic rings. The normalized spacial score (nSPS) is 19.2. The van der Waals surface area contributed by atoms with Crippen LogP contribution in [-0.4, -0.2) is 18.7 Å². The molecular formula is C22H25BrINO2S. The van der Waals surface area contributed by atoms with Crippen LogP contribution in [0.2, 0.25) is 0 Å². The minimum atomic E-state index is 0.436. The molecule has 1 N–H and O–H groups in total. The lowest BCUT2D eigenvalue weighted by molar-refractivity contribution is 0.0711. The zero-order chi connectivity index (χ0) is 19.9. The Morgan fingerprint density at radius 3 is 2.57 bits per heavy atom. The molecule has 28 heavy (non-hydrogen) atoms. The molecule has 0 spiro atoms. The first kappa shape index (κ1) is 22.0. The Morgan fingerprint density at radius 1 is 1.18 bits per heavy atom. The molecule has 0 aliphatic heterocycles. The number of thiocarbonyl (C=S) groups is 1. The Labute approximate surface area is 194 Å². The highest BCUT2D eigenvalue weighted by atomic mass is 127. The van der Waals surface area contributed by atoms with E-state index < -0.39 is 0 Å². The van der Waals surface area contributed by atoms with Crippen LogP contribution in [0, 0.1) is 15.4 Å². The van der Waals surface area contributed by atoms with Gasteiger partial charge >= 0.3 is 0 Å². The van der Waals surface area contributed by atoms with Crippen LogP contribution >= 0.6 is 50.7 Å². The summed E-state index contributed by atoms with van der Waals surface area (Å²) < 4.78 is 13.4. The maximum Gasteiger partial charge on any atom is 0.135 e. The quantitative estimate of drug-likeness (QED) is 0.291. The van der Waals surface area contributed by atoms with Crippen molar-refractivity contribution in [2.24, 2.45) is 11.8 Å². The first-order valence-electron chi connectivity index (χ1n) is 9.52. The van der Waals surface area contributed by atoms with E-state index in [1.807, 2.05) is 18.2 Å². The number of anilines is 1. The maximum atomic E-state index is 5.94. The molecule has 2 aromatic carbocycles. The summed E-state index contributed by atoms with van der Waals surface area (Å²) in [6.07, 6.45) is 4.58. The molecule has 1 aliphatic carbocycles. The fraction of sp³-hybridized carbons (Fsp3) is 0.409. The molecule has 0 amide bonds. The van der Waals surface area contributed by atoms with Crippen LogP contribution in [0.4, 0.5) is 5.69 Å². The van der Waals surface area contributed by atoms with Crippen molar-refractivity contribution in [3.05, 3.63) is 56.1 Å². The van der Waals surface area contributed by atoms with Crippen LogP contribution in [0.25, 0.3) is 0 Å². The lowest BCUT2D eigenvalue weighted by Gasteiger charge is -2.29. The van der Waals surface area contributed by atoms with Gasteiger partial charge < -0.3 is 14.8 Å². The predicted octanol–water partition coefficient (Wildman–Crippen LogP) is 6.82. The smallest absolute Gasteiger partial charge is 0.135 e. The van der Waals surface area contributed by atoms with Gasteiger partial charge in [0.15, 0.2) is 0 Å². The summed E-state index contributed by atoms with van der Waals surface area (Å²) in [6, 6.07) is 14.4. The molecule has 0 heterocycles. The molecule has 0 radical (unpaired) electrons. The lowest BCUT2D eigenvalue weighted by Crippen LogP contribution is -2.27. The highest BCUT2D eigenvalue weighted by molar-refractivity contribution is 14.1. The summed E-state index contributed by atoms with van der Waals surface area (Å²) in [5.41, 5.74) is 2.25. The number of rotatable bonds is 7. The third kappa shape index (κ3) is 6.15. The molecule has 6 heteroatoms. The second kappa shape index (κ2) is 10.9. The van der Waals surface area contributed by atoms with Gasteiger partial charge in [0.1, 0.15) is 5.75 Å². The van der Waals surface area contributed by atoms with Crippen molar-refractivity contribution in [1.29, 1.82) is 0 Å². The lowest BCUT2D eigenvalue weighted by atomic mass is 9.82. The standard InChI is InChI=1S/C22H25BrINO2S/c1-26-21-12-20(19(24)11-18(21)23)25-22(28)17-9-7-16(8-10-17)14-27-13-15-5-3-2-4-6-15/h2-6,11-12,16-17H,7-10,13-14H2,1H3,(H,25,28). The second-order valence-electron chi connectivity index (χ2n) is 7.17. The van der Waals surface area contributed by atoms with E-state index in [-0.39, 0.29) is 0 Å². The highest BCUT2D eigenvalue weighted by Gasteiger charge is 2.24. The van der Waals surface area contributed by atoms with Gasteiger partial charge in [-0.2, -0.15) is 0 Å². The molecule has 0 atom stereocenters. The van der Waals surface area contributed by atoms with E-state index in [4.69, 9.17) is 21.7 Å². The predicted molar refractivity (Wildman–Crippen MR) is 131 cm³/mol. The molecule has 1 fully saturated rings. The molecule has 3 rings (SSSR count). The van der Waals surface area contributed by atoms with Crippen molar-refractivity contribution >= 4 is 61.4 Å². The maximum absolute atomic E-state index is 5.94. The summed E-state index contributed by atoms with van der Waals surface area (Å²) in [6.45, 7) is 1.54. The van der Waals surface area contributed by atoms with Gasteiger partial charge in [0, 0.05) is 22.2 Å². The van der Waals surface area contributed by atoms with Gasteiger partial charge in [0.2, 0.25) is 0 Å². The molecule has 1 saturated carbocycles. The van der Waals surface area contributed by atoms with Crippen molar-refractivity contribution in [3.8, 4) is 5.75 Å². The van der Waals surface area contributed by atoms with Crippen LogP contribution in [0.1, 0.15) is 31.2 Å². The zero-order valence-corrected chi connectivity index (χ0v) is 20.5. The molecule has 0 aromatic heterocycles. The fourth-order valence-corrected chi connectivity index (χ4v) is 5.41. The van der Waals surface area contributed by atoms with Gasteiger partial charge in [-0.3, -0.25) is 0 Å². The van der Waals surface area contributed by atoms with Gasteiger partial charge in [0.25, 0.3) is 0 Å². The van der Waals surface area contributed by atoms with Crippen LogP contribution in [-0.2, 0) is 11.3 Å². The Morgan fingerprint density at radius 2 is 1.89 bits per heavy atom. The summed E-state index contributed by atoms with van der Waals surface area (Å²) in [7, 11) is 1.68. The molecule has 2 aromatic rings. The molecule has 0 saturated heterocycles. The van der Waals surface area contributed by atoms with Gasteiger partial charge in [0.05, 0.1) is 28.9 Å². The van der Waals surface area contributed by atoms with E-state index >= 15 is 0 Å². The number of nitrogens with one attached hydrogen (secondary N) is 1. The largest absolute Gasteiger partial charge is 0.495 e. The minimum absolute atomic E-state index is 0.436. The number of methoxy groups -OCH3 is 1. The number of benzene rings is 2. The second-order valence-corrected chi connectivity index (χ2v) is 9.63. The first-order valence-corrected chi connectivity index (χ1v) is 11.8. The van der Waals surface area contributed by atoms with E-state index in [0.717, 1.165) is 43.9 Å². The summed E-state index contributed by atoms with van der Waals surface area (Å²) >= 11 is 11.6. The molecular weight excluding hydrogens is 549 g/mol. The average molecular weight is 574 g/mol. The Hall–Kier alpha value is -0.700. The van der Waals surface area contributed by atoms with Crippen LogP contribution < -0.4 is 10.1 Å². The van der Waals surface area contributed by atoms with E-state index in [1.54, 1.807) is 7.11 Å². The monoisotopic (exact) mass is 573 g/mol. The van der Waals surface area contributed by atoms with Gasteiger partial charge in [-0.1, -0.05) is 42.5 Å². The van der Waals surface area contributed by atoms with Gasteiger partial charge in [-0.15, -0.1) is 0 Å². The Balaban J connectivity index is 1.45. The number of halogens is 2. The number of ether oxygens (including phenoxy) is 2. The molecule has 0 bridgehead atoms. The van der Waals surface area contributed by atoms with Gasteiger partial charge in [-0.05, 0) is 81.8 Å². The Bertz CT molecular complexity index is 795. The van der Waals surface area contributed by atoms with Crippen molar-refractivity contribution in [2.75, 3.05) is 19.0 Å². The van der Waals surface area contributed by atoms with Crippen molar-refractivity contribution in [2.45, 2.75) is 32.3 Å². The minimum Gasteiger partial charge on any atom is -0.495 e. The number of hydrogen-bond acceptors (Lipinski definition) is 3. The molecule has 150 valence electrons. The van der Waals surface area contributed by atoms with Gasteiger partial charge in [-0.25, -0.2) is 0 Å². The highest BCUT2D eigenvalue weighted by Crippen LogP contribution is 2.34. The summed E-state index contributed by atoms with van der Waals surface area (Å²) in [5, 5.41) is 3.45. The molecule has 0 unspecified atom stereocenters. The molecule has 3 nitrogen and oxygen atoms in total. The van der Waals surface area contributed by atoms with Crippen molar-refractivity contribution in [1.82, 2.24) is 0 Å². The van der Waals surface area contributed by atoms with E-state index in [1.165, 1.54) is 18.4 Å². The van der Waals surface area contributed by atoms with Crippen LogP contribution in [0.15, 0.2) is 46.9 Å². The Kier molecular flexibility index (Phi) is 8.56. The van der Waals surface area contributed by atoms with Crippen molar-refractivity contribution in [3.63, 3.8) is 0 Å². The third-order valence-corrected chi connectivity index (χ3v) is 7.13. The first-order chi connectivity index (χ1) is 13.6. The summed E-state index contributed by atoms with van der Waals surface area (Å²) in [5.74, 6) is 1.88. The zero-order valence-electron chi connectivity index (χ0n) is 15.9. The van der Waals surface area contributed by atoms with Crippen molar-refractivity contribution < 1.29 is 9.47 Å². The van der Waals surface area contributed by atoms with E-state index in [0.29, 0.717) is 18.4 Å². The van der Waals surface area contributed by atoms with E-state index in [9.17, 15) is 0 Å². The summed E-state index contributed by atoms with van der Waals surface area (Å²) in [4.78, 5) is 0.936. The fourth-order valence-electron chi connectivity index (χ4n) is 3.53. The van der Waals surface area contributed by atoms with Crippen LogP contribution in [0.5, 0.6) is 5.75 Å². The third-order valence-electron chi connectivity index (χ3n) is 5.18. The van der Waals surface area contributed by atoms with E-state index in [2.05, 4.69) is 68.1 Å². The SMILES string of the molecule is COc1cc(NC(=S)C2CCC(COCc3ccccc3)CC2)c(I)cc1Br. The number of hydrogen-bond donors (Lipinski definition) is 1. The topological polar surface area (TPSA) is 30.5 Å². The van der Waals surface area contributed by atoms with Crippen LogP contribution in [0.3, 0.4) is 0 Å².